The third-order valence-corrected chi connectivity index (χ3v) is 8.60. The molecule has 0 spiro atoms. The topological polar surface area (TPSA) is 37.3 Å². The maximum absolute atomic E-state index is 12.1. The van der Waals surface area contributed by atoms with Crippen LogP contribution in [0.5, 0.6) is 0 Å². The molecule has 7 atom stereocenters. The SMILES string of the molecule is CC(=O)C1=CC[C@H]2[C@@H]3CC[C@H]4C[C@@H](O)CC[C@]4(C)[C@H]3CC[C@]12C. The standard InChI is InChI=1S/C21H32O2/c1-13(22)17-6-7-18-16-5-4-14-12-15(23)8-10-20(14,2)19(16)9-11-21(17,18)3/h6,14-16,18-19,23H,4-5,7-12H2,1-3H3/t14-,15-,16-,18-,19-,20-,21+/m0/s1. The van der Waals surface area contributed by atoms with Gasteiger partial charge >= 0.3 is 0 Å². The van der Waals surface area contributed by atoms with E-state index in [-0.39, 0.29) is 11.5 Å². The third-order valence-electron chi connectivity index (χ3n) is 8.60. The first-order valence-electron chi connectivity index (χ1n) is 9.76. The molecule has 0 amide bonds. The molecule has 2 nitrogen and oxygen atoms in total. The van der Waals surface area contributed by atoms with Gasteiger partial charge in [0.25, 0.3) is 0 Å². The maximum Gasteiger partial charge on any atom is 0.156 e. The summed E-state index contributed by atoms with van der Waals surface area (Å²) in [7, 11) is 0. The first-order valence-corrected chi connectivity index (χ1v) is 9.76. The monoisotopic (exact) mass is 316 g/mol. The summed E-state index contributed by atoms with van der Waals surface area (Å²) in [5.74, 6) is 3.31. The van der Waals surface area contributed by atoms with Gasteiger partial charge in [-0.05, 0) is 98.4 Å². The lowest BCUT2D eigenvalue weighted by Gasteiger charge is -2.60. The van der Waals surface area contributed by atoms with E-state index in [1.807, 2.05) is 0 Å². The van der Waals surface area contributed by atoms with E-state index in [4.69, 9.17) is 0 Å². The van der Waals surface area contributed by atoms with Crippen molar-refractivity contribution in [1.82, 2.24) is 0 Å². The summed E-state index contributed by atoms with van der Waals surface area (Å²) in [6.07, 6.45) is 11.6. The quantitative estimate of drug-likeness (QED) is 0.772. The summed E-state index contributed by atoms with van der Waals surface area (Å²) >= 11 is 0. The van der Waals surface area contributed by atoms with Gasteiger partial charge in [-0.2, -0.15) is 0 Å². The molecule has 0 aromatic heterocycles. The molecule has 0 aromatic rings. The molecule has 3 fully saturated rings. The van der Waals surface area contributed by atoms with Crippen molar-refractivity contribution in [2.24, 2.45) is 34.5 Å². The maximum atomic E-state index is 12.1. The van der Waals surface area contributed by atoms with Gasteiger partial charge in [0.15, 0.2) is 5.78 Å². The normalized spacial score (nSPS) is 52.2. The average Bonchev–Trinajstić information content (AvgIpc) is 2.85. The predicted molar refractivity (Wildman–Crippen MR) is 91.9 cm³/mol. The smallest absolute Gasteiger partial charge is 0.156 e. The summed E-state index contributed by atoms with van der Waals surface area (Å²) in [4.78, 5) is 12.1. The summed E-state index contributed by atoms with van der Waals surface area (Å²) in [6.45, 7) is 6.65. The van der Waals surface area contributed by atoms with Gasteiger partial charge in [-0.3, -0.25) is 4.79 Å². The lowest BCUT2D eigenvalue weighted by Crippen LogP contribution is -2.53. The minimum Gasteiger partial charge on any atom is -0.393 e. The molecular formula is C21H32O2. The van der Waals surface area contributed by atoms with Gasteiger partial charge in [0.05, 0.1) is 6.10 Å². The molecule has 0 heterocycles. The van der Waals surface area contributed by atoms with Gasteiger partial charge < -0.3 is 5.11 Å². The van der Waals surface area contributed by atoms with Gasteiger partial charge in [-0.1, -0.05) is 19.9 Å². The van der Waals surface area contributed by atoms with Crippen LogP contribution in [-0.4, -0.2) is 17.0 Å². The van der Waals surface area contributed by atoms with Crippen LogP contribution in [0.2, 0.25) is 0 Å². The molecular weight excluding hydrogens is 284 g/mol. The van der Waals surface area contributed by atoms with Crippen molar-refractivity contribution in [3.8, 4) is 0 Å². The largest absolute Gasteiger partial charge is 0.393 e. The fourth-order valence-corrected chi connectivity index (χ4v) is 7.35. The van der Waals surface area contributed by atoms with E-state index in [1.54, 1.807) is 6.92 Å². The van der Waals surface area contributed by atoms with Gasteiger partial charge in [0, 0.05) is 0 Å². The van der Waals surface area contributed by atoms with Crippen molar-refractivity contribution in [2.45, 2.75) is 78.2 Å². The first-order chi connectivity index (χ1) is 10.9. The van der Waals surface area contributed by atoms with Gasteiger partial charge in [-0.25, -0.2) is 0 Å². The van der Waals surface area contributed by atoms with Crippen LogP contribution < -0.4 is 0 Å². The van der Waals surface area contributed by atoms with Crippen LogP contribution in [-0.2, 0) is 4.79 Å². The van der Waals surface area contributed by atoms with Crippen LogP contribution in [0.3, 0.4) is 0 Å². The molecule has 1 N–H and O–H groups in total. The zero-order valence-corrected chi connectivity index (χ0v) is 15.0. The lowest BCUT2D eigenvalue weighted by molar-refractivity contribution is -0.124. The molecule has 0 radical (unpaired) electrons. The van der Waals surface area contributed by atoms with Crippen LogP contribution >= 0.6 is 0 Å². The van der Waals surface area contributed by atoms with E-state index < -0.39 is 0 Å². The van der Waals surface area contributed by atoms with Crippen LogP contribution in [0, 0.1) is 34.5 Å². The second-order valence-electron chi connectivity index (χ2n) is 9.45. The molecule has 23 heavy (non-hydrogen) atoms. The zero-order valence-electron chi connectivity index (χ0n) is 15.0. The van der Waals surface area contributed by atoms with E-state index in [0.29, 0.717) is 17.1 Å². The Labute approximate surface area is 140 Å². The Kier molecular flexibility index (Phi) is 3.58. The summed E-state index contributed by atoms with van der Waals surface area (Å²) < 4.78 is 0. The number of Topliss-reactive ketones (excluding diaryl/α,β-unsaturated/α-hetero) is 1. The molecule has 0 aliphatic heterocycles. The number of ketones is 1. The van der Waals surface area contributed by atoms with Crippen molar-refractivity contribution >= 4 is 5.78 Å². The predicted octanol–water partition coefficient (Wildman–Crippen LogP) is 4.52. The van der Waals surface area contributed by atoms with Crippen molar-refractivity contribution in [1.29, 1.82) is 0 Å². The second kappa shape index (κ2) is 5.18. The fourth-order valence-electron chi connectivity index (χ4n) is 7.35. The first kappa shape index (κ1) is 15.9. The number of aliphatic hydroxyl groups excluding tert-OH is 1. The van der Waals surface area contributed by atoms with Gasteiger partial charge in [0.1, 0.15) is 0 Å². The number of hydrogen-bond acceptors (Lipinski definition) is 2. The molecule has 3 saturated carbocycles. The van der Waals surface area contributed by atoms with E-state index in [0.717, 1.165) is 42.6 Å². The number of fused-ring (bicyclic) bond motifs is 5. The highest BCUT2D eigenvalue weighted by atomic mass is 16.3. The molecule has 0 aromatic carbocycles. The number of allylic oxidation sites excluding steroid dienone is 2. The van der Waals surface area contributed by atoms with Crippen LogP contribution in [0.1, 0.15) is 72.1 Å². The van der Waals surface area contributed by atoms with Gasteiger partial charge in [-0.15, -0.1) is 0 Å². The van der Waals surface area contributed by atoms with Crippen molar-refractivity contribution in [3.05, 3.63) is 11.6 Å². The Morgan fingerprint density at radius 2 is 1.91 bits per heavy atom. The minimum atomic E-state index is -0.0593. The van der Waals surface area contributed by atoms with E-state index in [9.17, 15) is 9.90 Å². The summed E-state index contributed by atoms with van der Waals surface area (Å²) in [5, 5.41) is 10.1. The third kappa shape index (κ3) is 2.13. The van der Waals surface area contributed by atoms with Crippen LogP contribution in [0.15, 0.2) is 11.6 Å². The van der Waals surface area contributed by atoms with Gasteiger partial charge in [0.2, 0.25) is 0 Å². The highest BCUT2D eigenvalue weighted by Crippen LogP contribution is 2.66. The minimum absolute atomic E-state index is 0.0593. The molecule has 4 aliphatic carbocycles. The molecule has 2 heteroatoms. The van der Waals surface area contributed by atoms with Crippen LogP contribution in [0.4, 0.5) is 0 Å². The molecule has 0 bridgehead atoms. The van der Waals surface area contributed by atoms with E-state index in [1.165, 1.54) is 32.1 Å². The van der Waals surface area contributed by atoms with Crippen molar-refractivity contribution in [3.63, 3.8) is 0 Å². The number of carbonyl (C=O) groups excluding carboxylic acids is 1. The number of carbonyl (C=O) groups is 1. The molecule has 128 valence electrons. The van der Waals surface area contributed by atoms with Crippen molar-refractivity contribution < 1.29 is 9.90 Å². The Balaban J connectivity index is 1.62. The molecule has 4 rings (SSSR count). The Bertz CT molecular complexity index is 550. The average molecular weight is 316 g/mol. The summed E-state index contributed by atoms with van der Waals surface area (Å²) in [6, 6.07) is 0. The fraction of sp³-hybridized carbons (Fsp3) is 0.857. The highest BCUT2D eigenvalue weighted by Gasteiger charge is 2.58. The highest BCUT2D eigenvalue weighted by molar-refractivity contribution is 5.95. The molecule has 0 saturated heterocycles. The van der Waals surface area contributed by atoms with Crippen molar-refractivity contribution in [2.75, 3.05) is 0 Å². The van der Waals surface area contributed by atoms with E-state index in [2.05, 4.69) is 19.9 Å². The Morgan fingerprint density at radius 1 is 1.13 bits per heavy atom. The number of rotatable bonds is 1. The Morgan fingerprint density at radius 3 is 2.65 bits per heavy atom. The summed E-state index contributed by atoms with van der Waals surface area (Å²) in [5.41, 5.74) is 1.71. The zero-order chi connectivity index (χ0) is 16.4. The van der Waals surface area contributed by atoms with Crippen LogP contribution in [0.25, 0.3) is 0 Å². The molecule has 0 unspecified atom stereocenters. The second-order valence-corrected chi connectivity index (χ2v) is 9.45. The lowest BCUT2D eigenvalue weighted by atomic mass is 9.44. The number of hydrogen-bond donors (Lipinski definition) is 1. The molecule has 4 aliphatic rings. The van der Waals surface area contributed by atoms with E-state index >= 15 is 0 Å². The number of aliphatic hydroxyl groups is 1. The Hall–Kier alpha value is -0.630.